The number of carbonyl (C=O) groups excluding carboxylic acids is 3. The van der Waals surface area contributed by atoms with Crippen molar-refractivity contribution in [3.8, 4) is 0 Å². The highest BCUT2D eigenvalue weighted by Gasteiger charge is 2.21. The van der Waals surface area contributed by atoms with E-state index in [1.807, 2.05) is 0 Å². The van der Waals surface area contributed by atoms with E-state index in [1.165, 1.54) is 57.8 Å². The third-order valence-electron chi connectivity index (χ3n) is 6.17. The topological polar surface area (TPSA) is 87.3 Å². The van der Waals surface area contributed by atoms with Gasteiger partial charge in [0.25, 0.3) is 0 Å². The zero-order valence-electron chi connectivity index (χ0n) is 23.1. The molecule has 0 aromatic carbocycles. The highest BCUT2D eigenvalue weighted by molar-refractivity contribution is 5.88. The van der Waals surface area contributed by atoms with Gasteiger partial charge >= 0.3 is 0 Å². The molecule has 0 aromatic rings. The SMILES string of the molecule is CCCCCCCCCCC/C=C/CCC(=O)N[C@@H](CCC(=O)NCCCC)C(=O)NCCCC. The Hall–Kier alpha value is -1.85. The minimum atomic E-state index is -0.665. The van der Waals surface area contributed by atoms with Gasteiger partial charge in [0.15, 0.2) is 0 Å². The summed E-state index contributed by atoms with van der Waals surface area (Å²) in [5.41, 5.74) is 0. The van der Waals surface area contributed by atoms with Gasteiger partial charge in [0.05, 0.1) is 0 Å². The van der Waals surface area contributed by atoms with Crippen LogP contribution in [0, 0.1) is 0 Å². The van der Waals surface area contributed by atoms with Crippen LogP contribution in [0.1, 0.15) is 136 Å². The first-order valence-electron chi connectivity index (χ1n) is 14.5. The summed E-state index contributed by atoms with van der Waals surface area (Å²) in [5, 5.41) is 8.60. The molecule has 0 radical (unpaired) electrons. The number of allylic oxidation sites excluding steroid dienone is 2. The molecule has 0 saturated heterocycles. The molecule has 0 aromatic heterocycles. The van der Waals surface area contributed by atoms with Crippen molar-refractivity contribution in [2.45, 2.75) is 142 Å². The first-order valence-corrected chi connectivity index (χ1v) is 14.5. The number of amides is 3. The lowest BCUT2D eigenvalue weighted by atomic mass is 10.1. The predicted molar refractivity (Wildman–Crippen MR) is 147 cm³/mol. The standard InChI is InChI=1S/C29H55N3O3/c1-4-7-10-11-12-13-14-15-16-17-18-19-20-21-28(34)32-26(29(35)31-25-9-6-3)22-23-27(33)30-24-8-5-2/h18-19,26H,4-17,20-25H2,1-3H3,(H,30,33)(H,31,35)(H,32,34)/b19-18+/t26-/m0/s1. The van der Waals surface area contributed by atoms with Gasteiger partial charge in [0.1, 0.15) is 6.04 Å². The number of unbranched alkanes of at least 4 members (excludes halogenated alkanes) is 11. The quantitative estimate of drug-likeness (QED) is 0.108. The van der Waals surface area contributed by atoms with Crippen LogP contribution in [0.5, 0.6) is 0 Å². The van der Waals surface area contributed by atoms with Crippen molar-refractivity contribution in [3.63, 3.8) is 0 Å². The number of hydrogen-bond acceptors (Lipinski definition) is 3. The molecule has 0 bridgehead atoms. The Labute approximate surface area is 215 Å². The van der Waals surface area contributed by atoms with E-state index in [-0.39, 0.29) is 24.1 Å². The normalized spacial score (nSPS) is 12.0. The van der Waals surface area contributed by atoms with Crippen LogP contribution in [0.15, 0.2) is 12.2 Å². The summed E-state index contributed by atoms with van der Waals surface area (Å²) in [6.45, 7) is 7.63. The first kappa shape index (κ1) is 33.1. The molecule has 0 aliphatic heterocycles. The van der Waals surface area contributed by atoms with Crippen LogP contribution in [0.25, 0.3) is 0 Å². The molecule has 3 amide bonds. The van der Waals surface area contributed by atoms with E-state index in [0.717, 1.165) is 32.1 Å². The van der Waals surface area contributed by atoms with Crippen molar-refractivity contribution < 1.29 is 14.4 Å². The van der Waals surface area contributed by atoms with Gasteiger partial charge in [-0.25, -0.2) is 0 Å². The van der Waals surface area contributed by atoms with Crippen molar-refractivity contribution in [2.24, 2.45) is 0 Å². The third-order valence-corrected chi connectivity index (χ3v) is 6.17. The van der Waals surface area contributed by atoms with Crippen LogP contribution < -0.4 is 16.0 Å². The van der Waals surface area contributed by atoms with Crippen LogP contribution in [-0.2, 0) is 14.4 Å². The second kappa shape index (κ2) is 25.2. The monoisotopic (exact) mass is 493 g/mol. The van der Waals surface area contributed by atoms with Gasteiger partial charge < -0.3 is 16.0 Å². The van der Waals surface area contributed by atoms with Gasteiger partial charge in [-0.05, 0) is 38.5 Å². The van der Waals surface area contributed by atoms with E-state index in [1.54, 1.807) is 0 Å². The Balaban J connectivity index is 4.16. The molecule has 204 valence electrons. The fourth-order valence-corrected chi connectivity index (χ4v) is 3.84. The summed E-state index contributed by atoms with van der Waals surface area (Å²) >= 11 is 0. The smallest absolute Gasteiger partial charge is 0.242 e. The number of hydrogen-bond donors (Lipinski definition) is 3. The van der Waals surface area contributed by atoms with E-state index >= 15 is 0 Å². The van der Waals surface area contributed by atoms with Crippen LogP contribution in [0.4, 0.5) is 0 Å². The van der Waals surface area contributed by atoms with Crippen molar-refractivity contribution in [1.82, 2.24) is 16.0 Å². The highest BCUT2D eigenvalue weighted by Crippen LogP contribution is 2.11. The van der Waals surface area contributed by atoms with Gasteiger partial charge in [-0.3, -0.25) is 14.4 Å². The molecular weight excluding hydrogens is 438 g/mol. The van der Waals surface area contributed by atoms with Crippen molar-refractivity contribution in [1.29, 1.82) is 0 Å². The van der Waals surface area contributed by atoms with Crippen LogP contribution in [0.2, 0.25) is 0 Å². The maximum absolute atomic E-state index is 12.5. The Morgan fingerprint density at radius 3 is 1.77 bits per heavy atom. The minimum absolute atomic E-state index is 0.0708. The second-order valence-electron chi connectivity index (χ2n) is 9.63. The zero-order valence-corrected chi connectivity index (χ0v) is 23.1. The molecule has 0 aliphatic carbocycles. The fraction of sp³-hybridized carbons (Fsp3) is 0.828. The number of carbonyl (C=O) groups is 3. The van der Waals surface area contributed by atoms with E-state index in [0.29, 0.717) is 32.4 Å². The third kappa shape index (κ3) is 22.4. The van der Waals surface area contributed by atoms with Gasteiger partial charge in [-0.15, -0.1) is 0 Å². The molecular formula is C29H55N3O3. The zero-order chi connectivity index (χ0) is 26.0. The molecule has 6 heteroatoms. The molecule has 0 heterocycles. The molecule has 0 saturated carbocycles. The molecule has 35 heavy (non-hydrogen) atoms. The molecule has 0 spiro atoms. The number of rotatable bonds is 24. The van der Waals surface area contributed by atoms with Gasteiger partial charge in [0, 0.05) is 25.9 Å². The first-order chi connectivity index (χ1) is 17.0. The molecule has 1 atom stereocenters. The largest absolute Gasteiger partial charge is 0.356 e. The van der Waals surface area contributed by atoms with Gasteiger partial charge in [0.2, 0.25) is 17.7 Å². The fourth-order valence-electron chi connectivity index (χ4n) is 3.84. The van der Waals surface area contributed by atoms with E-state index < -0.39 is 6.04 Å². The van der Waals surface area contributed by atoms with Crippen LogP contribution >= 0.6 is 0 Å². The average Bonchev–Trinajstić information content (AvgIpc) is 2.84. The Morgan fingerprint density at radius 1 is 0.600 bits per heavy atom. The maximum atomic E-state index is 12.5. The molecule has 3 N–H and O–H groups in total. The van der Waals surface area contributed by atoms with Crippen molar-refractivity contribution >= 4 is 17.7 Å². The van der Waals surface area contributed by atoms with Gasteiger partial charge in [-0.2, -0.15) is 0 Å². The highest BCUT2D eigenvalue weighted by atomic mass is 16.2. The summed E-state index contributed by atoms with van der Waals surface area (Å²) in [6, 6.07) is -0.665. The molecule has 0 unspecified atom stereocenters. The van der Waals surface area contributed by atoms with E-state index in [9.17, 15) is 14.4 Å². The van der Waals surface area contributed by atoms with Gasteiger partial charge in [-0.1, -0.05) is 97.1 Å². The molecule has 0 aliphatic rings. The predicted octanol–water partition coefficient (Wildman–Crippen LogP) is 6.34. The molecule has 0 fully saturated rings. The van der Waals surface area contributed by atoms with Crippen molar-refractivity contribution in [3.05, 3.63) is 12.2 Å². The lowest BCUT2D eigenvalue weighted by molar-refractivity contribution is -0.129. The van der Waals surface area contributed by atoms with E-state index in [2.05, 4.69) is 48.9 Å². The van der Waals surface area contributed by atoms with Crippen LogP contribution in [-0.4, -0.2) is 36.9 Å². The summed E-state index contributed by atoms with van der Waals surface area (Å²) < 4.78 is 0. The summed E-state index contributed by atoms with van der Waals surface area (Å²) in [7, 11) is 0. The van der Waals surface area contributed by atoms with Crippen molar-refractivity contribution in [2.75, 3.05) is 13.1 Å². The number of nitrogens with one attached hydrogen (secondary N) is 3. The average molecular weight is 494 g/mol. The lowest BCUT2D eigenvalue weighted by Crippen LogP contribution is -2.47. The van der Waals surface area contributed by atoms with Crippen LogP contribution in [0.3, 0.4) is 0 Å². The Kier molecular flexibility index (Phi) is 23.9. The minimum Gasteiger partial charge on any atom is -0.356 e. The Bertz CT molecular complexity index is 563. The summed E-state index contributed by atoms with van der Waals surface area (Å²) in [4.78, 5) is 37.0. The lowest BCUT2D eigenvalue weighted by Gasteiger charge is -2.18. The molecule has 6 nitrogen and oxygen atoms in total. The molecule has 0 rings (SSSR count). The van der Waals surface area contributed by atoms with E-state index in [4.69, 9.17) is 0 Å². The second-order valence-corrected chi connectivity index (χ2v) is 9.63. The Morgan fingerprint density at radius 2 is 1.14 bits per heavy atom. The summed E-state index contributed by atoms with van der Waals surface area (Å²) in [6.07, 6.45) is 22.7. The summed E-state index contributed by atoms with van der Waals surface area (Å²) in [5.74, 6) is -0.410. The maximum Gasteiger partial charge on any atom is 0.242 e.